The number of para-hydroxylation sites is 1. The van der Waals surface area contributed by atoms with Gasteiger partial charge in [-0.05, 0) is 49.2 Å². The Hall–Kier alpha value is -2.18. The first kappa shape index (κ1) is 19.1. The van der Waals surface area contributed by atoms with Crippen LogP contribution in [0.1, 0.15) is 35.7 Å². The van der Waals surface area contributed by atoms with Gasteiger partial charge >= 0.3 is 0 Å². The molecular weight excluding hydrogens is 336 g/mol. The van der Waals surface area contributed by atoms with Gasteiger partial charge in [-0.2, -0.15) is 0 Å². The van der Waals surface area contributed by atoms with Crippen LogP contribution in [0.5, 0.6) is 0 Å². The van der Waals surface area contributed by atoms with Crippen LogP contribution in [0, 0.1) is 6.92 Å². The molecule has 1 amide bonds. The van der Waals surface area contributed by atoms with Crippen LogP contribution in [-0.4, -0.2) is 32.2 Å². The van der Waals surface area contributed by atoms with Crippen molar-refractivity contribution >= 4 is 21.6 Å². The molecule has 0 spiro atoms. The van der Waals surface area contributed by atoms with E-state index in [-0.39, 0.29) is 10.8 Å². The standard InChI is InChI=1S/C19H24N2O3S/c1-4-5-14-21(3)25(23,24)17-12-10-16(11-13-17)19(22)20-18-9-7-6-8-15(18)2/h6-13H,4-5,14H2,1-3H3,(H,20,22). The molecule has 2 rings (SSSR count). The van der Waals surface area contributed by atoms with Crippen LogP contribution in [0.4, 0.5) is 5.69 Å². The van der Waals surface area contributed by atoms with Crippen molar-refractivity contribution in [3.63, 3.8) is 0 Å². The Bertz CT molecular complexity index is 830. The lowest BCUT2D eigenvalue weighted by atomic mass is 10.1. The van der Waals surface area contributed by atoms with E-state index in [9.17, 15) is 13.2 Å². The minimum absolute atomic E-state index is 0.193. The van der Waals surface area contributed by atoms with Crippen molar-refractivity contribution in [2.45, 2.75) is 31.6 Å². The Morgan fingerprint density at radius 1 is 1.08 bits per heavy atom. The van der Waals surface area contributed by atoms with Crippen molar-refractivity contribution in [1.29, 1.82) is 0 Å². The highest BCUT2D eigenvalue weighted by atomic mass is 32.2. The van der Waals surface area contributed by atoms with E-state index in [1.807, 2.05) is 38.1 Å². The number of hydrogen-bond donors (Lipinski definition) is 1. The Labute approximate surface area is 149 Å². The van der Waals surface area contributed by atoms with Crippen LogP contribution in [-0.2, 0) is 10.0 Å². The minimum Gasteiger partial charge on any atom is -0.322 e. The third kappa shape index (κ3) is 4.67. The quantitative estimate of drug-likeness (QED) is 0.819. The molecule has 0 aliphatic rings. The number of sulfonamides is 1. The molecule has 2 aromatic carbocycles. The third-order valence-corrected chi connectivity index (χ3v) is 5.92. The maximum Gasteiger partial charge on any atom is 0.255 e. The van der Waals surface area contributed by atoms with Crippen molar-refractivity contribution in [2.24, 2.45) is 0 Å². The molecule has 0 heterocycles. The number of hydrogen-bond acceptors (Lipinski definition) is 3. The van der Waals surface area contributed by atoms with Gasteiger partial charge < -0.3 is 5.32 Å². The molecule has 0 aromatic heterocycles. The fourth-order valence-electron chi connectivity index (χ4n) is 2.37. The van der Waals surface area contributed by atoms with E-state index in [1.165, 1.54) is 28.6 Å². The molecule has 25 heavy (non-hydrogen) atoms. The number of anilines is 1. The SMILES string of the molecule is CCCCN(C)S(=O)(=O)c1ccc(C(=O)Nc2ccccc2C)cc1. The first-order chi connectivity index (χ1) is 11.9. The second-order valence-corrected chi connectivity index (χ2v) is 8.02. The van der Waals surface area contributed by atoms with Crippen molar-refractivity contribution in [2.75, 3.05) is 18.9 Å². The zero-order valence-electron chi connectivity index (χ0n) is 14.8. The molecule has 0 aliphatic heterocycles. The molecule has 5 nitrogen and oxygen atoms in total. The molecule has 0 saturated heterocycles. The average molecular weight is 360 g/mol. The summed E-state index contributed by atoms with van der Waals surface area (Å²) in [5.74, 6) is -0.266. The summed E-state index contributed by atoms with van der Waals surface area (Å²) in [5, 5.41) is 2.84. The molecule has 6 heteroatoms. The van der Waals surface area contributed by atoms with E-state index in [0.29, 0.717) is 12.1 Å². The maximum absolute atomic E-state index is 12.5. The first-order valence-electron chi connectivity index (χ1n) is 8.29. The molecule has 0 unspecified atom stereocenters. The summed E-state index contributed by atoms with van der Waals surface area (Å²) < 4.78 is 26.3. The lowest BCUT2D eigenvalue weighted by Gasteiger charge is -2.17. The van der Waals surface area contributed by atoms with Gasteiger partial charge in [-0.25, -0.2) is 12.7 Å². The highest BCUT2D eigenvalue weighted by Crippen LogP contribution is 2.18. The van der Waals surface area contributed by atoms with E-state index in [0.717, 1.165) is 24.1 Å². The molecule has 0 atom stereocenters. The predicted molar refractivity (Wildman–Crippen MR) is 100 cm³/mol. The summed E-state index contributed by atoms with van der Waals surface area (Å²) in [5.41, 5.74) is 2.12. The second kappa shape index (κ2) is 8.27. The third-order valence-electron chi connectivity index (χ3n) is 4.04. The van der Waals surface area contributed by atoms with Gasteiger partial charge in [-0.15, -0.1) is 0 Å². The summed E-state index contributed by atoms with van der Waals surface area (Å²) in [6.45, 7) is 4.41. The Kier molecular flexibility index (Phi) is 6.33. The molecule has 0 saturated carbocycles. The van der Waals surface area contributed by atoms with Gasteiger partial charge in [0.2, 0.25) is 10.0 Å². The number of benzene rings is 2. The molecular formula is C19H24N2O3S. The Balaban J connectivity index is 2.14. The Morgan fingerprint density at radius 3 is 2.32 bits per heavy atom. The summed E-state index contributed by atoms with van der Waals surface area (Å²) in [4.78, 5) is 12.5. The predicted octanol–water partition coefficient (Wildman–Crippen LogP) is 3.67. The van der Waals surface area contributed by atoms with Crippen molar-refractivity contribution in [3.8, 4) is 0 Å². The molecule has 2 aromatic rings. The van der Waals surface area contributed by atoms with Crippen LogP contribution in [0.15, 0.2) is 53.4 Å². The normalized spacial score (nSPS) is 11.5. The molecule has 134 valence electrons. The van der Waals surface area contributed by atoms with Crippen molar-refractivity contribution in [1.82, 2.24) is 4.31 Å². The number of unbranched alkanes of at least 4 members (excludes halogenated alkanes) is 1. The summed E-state index contributed by atoms with van der Waals surface area (Å²) in [6.07, 6.45) is 1.74. The highest BCUT2D eigenvalue weighted by Gasteiger charge is 2.20. The fourth-order valence-corrected chi connectivity index (χ4v) is 3.58. The van der Waals surface area contributed by atoms with Crippen LogP contribution >= 0.6 is 0 Å². The minimum atomic E-state index is -3.52. The highest BCUT2D eigenvalue weighted by molar-refractivity contribution is 7.89. The topological polar surface area (TPSA) is 66.5 Å². The van der Waals surface area contributed by atoms with Gasteiger partial charge in [0, 0.05) is 24.8 Å². The first-order valence-corrected chi connectivity index (χ1v) is 9.73. The van der Waals surface area contributed by atoms with Crippen LogP contribution in [0.3, 0.4) is 0 Å². The second-order valence-electron chi connectivity index (χ2n) is 5.97. The molecule has 1 N–H and O–H groups in total. The molecule has 0 radical (unpaired) electrons. The van der Waals surface area contributed by atoms with Crippen molar-refractivity contribution in [3.05, 3.63) is 59.7 Å². The van der Waals surface area contributed by atoms with E-state index in [4.69, 9.17) is 0 Å². The summed E-state index contributed by atoms with van der Waals surface area (Å²) in [6, 6.07) is 13.5. The van der Waals surface area contributed by atoms with E-state index >= 15 is 0 Å². The van der Waals surface area contributed by atoms with Gasteiger partial charge in [-0.3, -0.25) is 4.79 Å². The molecule has 0 bridgehead atoms. The Morgan fingerprint density at radius 2 is 1.72 bits per heavy atom. The van der Waals surface area contributed by atoms with Crippen LogP contribution < -0.4 is 5.32 Å². The number of amides is 1. The fraction of sp³-hybridized carbons (Fsp3) is 0.316. The summed E-state index contributed by atoms with van der Waals surface area (Å²) >= 11 is 0. The number of carbonyl (C=O) groups is 1. The zero-order valence-corrected chi connectivity index (χ0v) is 15.6. The molecule has 0 aliphatic carbocycles. The number of aryl methyl sites for hydroxylation is 1. The number of nitrogens with zero attached hydrogens (tertiary/aromatic N) is 1. The number of nitrogens with one attached hydrogen (secondary N) is 1. The van der Waals surface area contributed by atoms with E-state index < -0.39 is 10.0 Å². The smallest absolute Gasteiger partial charge is 0.255 e. The average Bonchev–Trinajstić information content (AvgIpc) is 2.61. The number of carbonyl (C=O) groups excluding carboxylic acids is 1. The maximum atomic E-state index is 12.5. The lowest BCUT2D eigenvalue weighted by molar-refractivity contribution is 0.102. The number of rotatable bonds is 7. The monoisotopic (exact) mass is 360 g/mol. The van der Waals surface area contributed by atoms with Gasteiger partial charge in [0.1, 0.15) is 0 Å². The van der Waals surface area contributed by atoms with Gasteiger partial charge in [0.05, 0.1) is 4.90 Å². The van der Waals surface area contributed by atoms with E-state index in [1.54, 1.807) is 7.05 Å². The summed E-state index contributed by atoms with van der Waals surface area (Å²) in [7, 11) is -1.94. The van der Waals surface area contributed by atoms with Crippen LogP contribution in [0.2, 0.25) is 0 Å². The van der Waals surface area contributed by atoms with Gasteiger partial charge in [0.15, 0.2) is 0 Å². The van der Waals surface area contributed by atoms with E-state index in [2.05, 4.69) is 5.32 Å². The van der Waals surface area contributed by atoms with Crippen molar-refractivity contribution < 1.29 is 13.2 Å². The van der Waals surface area contributed by atoms with Gasteiger partial charge in [-0.1, -0.05) is 31.5 Å². The van der Waals surface area contributed by atoms with Gasteiger partial charge in [0.25, 0.3) is 5.91 Å². The largest absolute Gasteiger partial charge is 0.322 e. The lowest BCUT2D eigenvalue weighted by Crippen LogP contribution is -2.28. The zero-order chi connectivity index (χ0) is 18.4. The van der Waals surface area contributed by atoms with Crippen LogP contribution in [0.25, 0.3) is 0 Å². The molecule has 0 fully saturated rings.